The second-order valence-corrected chi connectivity index (χ2v) is 3.00. The zero-order chi connectivity index (χ0) is 16.3. The molecule has 21 heavy (non-hydrogen) atoms. The van der Waals surface area contributed by atoms with Gasteiger partial charge in [-0.05, 0) is 0 Å². The van der Waals surface area contributed by atoms with Crippen LogP contribution in [0.5, 0.6) is 0 Å². The monoisotopic (exact) mass is 354 g/mol. The summed E-state index contributed by atoms with van der Waals surface area (Å²) in [5.41, 5.74) is 0. The molecule has 2 unspecified atom stereocenters. The molecule has 0 aromatic heterocycles. The van der Waals surface area contributed by atoms with E-state index in [1.807, 2.05) is 0 Å². The summed E-state index contributed by atoms with van der Waals surface area (Å²) in [6, 6.07) is 0. The fourth-order valence-electron chi connectivity index (χ4n) is 0.604. The number of rotatable bonds is 6. The molecule has 122 valence electrons. The predicted molar refractivity (Wildman–Crippen MR) is 48.7 cm³/mol. The van der Waals surface area contributed by atoms with Crippen LogP contribution in [0.15, 0.2) is 0 Å². The van der Waals surface area contributed by atoms with Crippen molar-refractivity contribution in [2.45, 2.75) is 25.0 Å². The Hall–Kier alpha value is -1.76. The summed E-state index contributed by atoms with van der Waals surface area (Å²) in [5.74, 6) is -6.02. The molecule has 0 rings (SSSR count). The molecule has 0 aliphatic heterocycles. The van der Waals surface area contributed by atoms with E-state index in [2.05, 4.69) is 9.78 Å². The maximum atomic E-state index is 10.0. The van der Waals surface area contributed by atoms with Gasteiger partial charge in [0.05, 0.1) is 0 Å². The summed E-state index contributed by atoms with van der Waals surface area (Å²) in [6.45, 7) is 0. The molecule has 0 aliphatic carbocycles. The summed E-state index contributed by atoms with van der Waals surface area (Å²) in [6.07, 6.45) is -5.51. The van der Waals surface area contributed by atoms with Gasteiger partial charge in [0.25, 0.3) is 0 Å². The first-order valence-electron chi connectivity index (χ1n) is 4.62. The normalized spacial score (nSPS) is 11.6. The molecule has 2 atom stereocenters. The molecule has 13 heteroatoms. The smallest absolute Gasteiger partial charge is 0.550 e. The third kappa shape index (κ3) is 14.5. The third-order valence-corrected chi connectivity index (χ3v) is 1.44. The quantitative estimate of drug-likeness (QED) is 0.200. The molecular weight excluding hydrogens is 344 g/mol. The Morgan fingerprint density at radius 1 is 0.810 bits per heavy atom. The average Bonchev–Trinajstić information content (AvgIpc) is 2.35. The minimum Gasteiger partial charge on any atom is -0.550 e. The van der Waals surface area contributed by atoms with Crippen molar-refractivity contribution in [2.24, 2.45) is 0 Å². The van der Waals surface area contributed by atoms with Gasteiger partial charge >= 0.3 is 29.0 Å². The topological polar surface area (TPSA) is 214 Å². The van der Waals surface area contributed by atoms with Crippen molar-refractivity contribution in [1.29, 1.82) is 0 Å². The van der Waals surface area contributed by atoms with E-state index in [1.54, 1.807) is 0 Å². The van der Waals surface area contributed by atoms with E-state index >= 15 is 0 Å². The molecule has 0 aromatic carbocycles. The fourth-order valence-corrected chi connectivity index (χ4v) is 0.604. The van der Waals surface area contributed by atoms with Crippen molar-refractivity contribution in [2.75, 3.05) is 0 Å². The first-order chi connectivity index (χ1) is 9.15. The number of hydrogen-bond donors (Lipinski definition) is 4. The summed E-state index contributed by atoms with van der Waals surface area (Å²) >= 11 is 0. The number of hydrogen-bond acceptors (Lipinski definition) is 12. The van der Waals surface area contributed by atoms with Gasteiger partial charge in [-0.2, -0.15) is 10.5 Å². The first-order valence-corrected chi connectivity index (χ1v) is 4.62. The number of aliphatic hydroxyl groups is 2. The molecule has 0 saturated carbocycles. The molecular formula is C8H10FeO12. The van der Waals surface area contributed by atoms with Crippen LogP contribution in [0.25, 0.3) is 0 Å². The first kappa shape index (κ1) is 24.3. The number of carbonyl (C=O) groups is 4. The number of carboxylic acids is 2. The van der Waals surface area contributed by atoms with E-state index in [0.29, 0.717) is 0 Å². The van der Waals surface area contributed by atoms with Crippen molar-refractivity contribution < 1.29 is 77.0 Å². The Bertz CT molecular complexity index is 321. The molecule has 0 spiro atoms. The van der Waals surface area contributed by atoms with Crippen LogP contribution in [-0.4, -0.2) is 56.8 Å². The van der Waals surface area contributed by atoms with E-state index in [0.717, 1.165) is 0 Å². The Morgan fingerprint density at radius 3 is 1.19 bits per heavy atom. The maximum Gasteiger partial charge on any atom is 2.00 e. The molecule has 0 amide bonds. The Labute approximate surface area is 126 Å². The maximum absolute atomic E-state index is 10.0. The molecule has 0 saturated heterocycles. The van der Waals surface area contributed by atoms with Crippen LogP contribution < -0.4 is 10.2 Å². The zero-order valence-electron chi connectivity index (χ0n) is 9.98. The predicted octanol–water partition coefficient (Wildman–Crippen LogP) is -5.00. The van der Waals surface area contributed by atoms with Gasteiger partial charge < -0.3 is 30.0 Å². The number of aliphatic hydroxyl groups excluding tert-OH is 2. The fraction of sp³-hybridized carbons (Fsp3) is 0.500. The summed E-state index contributed by atoms with van der Waals surface area (Å²) in [5, 5.41) is 51.4. The Balaban J connectivity index is -0.000000295. The number of carbonyl (C=O) groups excluding carboxylic acids is 4. The van der Waals surface area contributed by atoms with Gasteiger partial charge in [-0.25, -0.2) is 9.59 Å². The van der Waals surface area contributed by atoms with Crippen molar-refractivity contribution in [3.05, 3.63) is 0 Å². The zero-order valence-corrected chi connectivity index (χ0v) is 11.1. The van der Waals surface area contributed by atoms with Crippen LogP contribution in [-0.2, 0) is 46.0 Å². The van der Waals surface area contributed by atoms with Gasteiger partial charge in [-0.15, -0.1) is 0 Å². The van der Waals surface area contributed by atoms with E-state index in [4.69, 9.17) is 20.7 Å². The SMILES string of the molecule is O=C([O-])CC(O)C(=O)OO.O=C([O-])CC(O)C(=O)OO.[Fe+2]. The molecule has 12 nitrogen and oxygen atoms in total. The van der Waals surface area contributed by atoms with Gasteiger partial charge in [-0.3, -0.25) is 9.78 Å². The summed E-state index contributed by atoms with van der Waals surface area (Å²) in [7, 11) is 0. The average molecular weight is 354 g/mol. The van der Waals surface area contributed by atoms with Gasteiger partial charge in [0.1, 0.15) is 0 Å². The van der Waals surface area contributed by atoms with Crippen LogP contribution >= 0.6 is 0 Å². The van der Waals surface area contributed by atoms with Gasteiger partial charge in [-0.1, -0.05) is 0 Å². The molecule has 0 fully saturated rings. The van der Waals surface area contributed by atoms with E-state index in [9.17, 15) is 29.4 Å². The van der Waals surface area contributed by atoms with Crippen LogP contribution in [0, 0.1) is 0 Å². The summed E-state index contributed by atoms with van der Waals surface area (Å²) in [4.78, 5) is 45.5. The number of carboxylic acid groups (broad SMARTS) is 2. The molecule has 0 heterocycles. The largest absolute Gasteiger partial charge is 2.00 e. The van der Waals surface area contributed by atoms with E-state index in [-0.39, 0.29) is 17.1 Å². The Morgan fingerprint density at radius 2 is 1.05 bits per heavy atom. The minimum absolute atomic E-state index is 0. The molecule has 0 aliphatic rings. The minimum atomic E-state index is -1.87. The van der Waals surface area contributed by atoms with Crippen molar-refractivity contribution in [3.63, 3.8) is 0 Å². The third-order valence-electron chi connectivity index (χ3n) is 1.44. The van der Waals surface area contributed by atoms with Crippen molar-refractivity contribution >= 4 is 23.9 Å². The molecule has 0 radical (unpaired) electrons. The molecule has 4 N–H and O–H groups in total. The second-order valence-electron chi connectivity index (χ2n) is 3.00. The van der Waals surface area contributed by atoms with Crippen LogP contribution in [0.2, 0.25) is 0 Å². The van der Waals surface area contributed by atoms with Crippen molar-refractivity contribution in [1.82, 2.24) is 0 Å². The van der Waals surface area contributed by atoms with Gasteiger partial charge in [0.2, 0.25) is 0 Å². The number of aliphatic carboxylic acids is 2. The van der Waals surface area contributed by atoms with Crippen LogP contribution in [0.1, 0.15) is 12.8 Å². The van der Waals surface area contributed by atoms with E-state index < -0.39 is 48.9 Å². The van der Waals surface area contributed by atoms with E-state index in [1.165, 1.54) is 0 Å². The second kappa shape index (κ2) is 13.2. The van der Waals surface area contributed by atoms with Crippen LogP contribution in [0.3, 0.4) is 0 Å². The standard InChI is InChI=1S/2C4H6O6.Fe/c2*5-2(1-3(6)7)4(8)10-9;/h2*2,5,9H,1H2,(H,6,7);/q;;+2/p-2. The van der Waals surface area contributed by atoms with Crippen LogP contribution in [0.4, 0.5) is 0 Å². The molecule has 0 bridgehead atoms. The van der Waals surface area contributed by atoms with Crippen molar-refractivity contribution in [3.8, 4) is 0 Å². The van der Waals surface area contributed by atoms with Gasteiger partial charge in [0.15, 0.2) is 12.2 Å². The molecule has 0 aromatic rings. The Kier molecular flexibility index (Phi) is 15.3. The summed E-state index contributed by atoms with van der Waals surface area (Å²) < 4.78 is 0. The van der Waals surface area contributed by atoms with Gasteiger partial charge in [0, 0.05) is 24.8 Å².